The van der Waals surface area contributed by atoms with Gasteiger partial charge in [0.25, 0.3) is 0 Å². The molecule has 0 fully saturated rings. The van der Waals surface area contributed by atoms with Gasteiger partial charge in [-0.1, -0.05) is 23.9 Å². The van der Waals surface area contributed by atoms with Gasteiger partial charge >= 0.3 is 0 Å². The number of ether oxygens (including phenoxy) is 1. The van der Waals surface area contributed by atoms with Crippen LogP contribution in [0.15, 0.2) is 53.9 Å². The summed E-state index contributed by atoms with van der Waals surface area (Å²) in [5.74, 6) is 1.78. The Kier molecular flexibility index (Phi) is 6.43. The molecule has 3 aromatic rings. The molecule has 1 aromatic carbocycles. The molecule has 0 aliphatic carbocycles. The number of carbonyl (C=O) groups is 1. The van der Waals surface area contributed by atoms with Crippen LogP contribution in [0.4, 0.5) is 0 Å². The minimum absolute atomic E-state index is 0.0515. The molecule has 0 saturated carbocycles. The predicted octanol–water partition coefficient (Wildman–Crippen LogP) is 2.78. The van der Waals surface area contributed by atoms with Gasteiger partial charge in [0, 0.05) is 31.0 Å². The van der Waals surface area contributed by atoms with E-state index in [1.54, 1.807) is 19.5 Å². The molecule has 8 heteroatoms. The largest absolute Gasteiger partial charge is 0.497 e. The van der Waals surface area contributed by atoms with Crippen LogP contribution in [0, 0.1) is 0 Å². The van der Waals surface area contributed by atoms with E-state index in [4.69, 9.17) is 4.74 Å². The molecule has 2 heterocycles. The highest BCUT2D eigenvalue weighted by molar-refractivity contribution is 7.99. The van der Waals surface area contributed by atoms with Crippen LogP contribution < -0.4 is 10.1 Å². The lowest BCUT2D eigenvalue weighted by atomic mass is 10.2. The summed E-state index contributed by atoms with van der Waals surface area (Å²) >= 11 is 1.37. The first-order valence-electron chi connectivity index (χ1n) is 8.57. The Morgan fingerprint density at radius 2 is 2.04 bits per heavy atom. The lowest BCUT2D eigenvalue weighted by Gasteiger charge is -2.08. The molecule has 0 spiro atoms. The van der Waals surface area contributed by atoms with Crippen molar-refractivity contribution >= 4 is 17.7 Å². The quantitative estimate of drug-likeness (QED) is 0.603. The molecule has 0 aliphatic rings. The van der Waals surface area contributed by atoms with Crippen LogP contribution in [-0.4, -0.2) is 38.5 Å². The molecule has 0 saturated heterocycles. The summed E-state index contributed by atoms with van der Waals surface area (Å²) in [6, 6.07) is 11.4. The van der Waals surface area contributed by atoms with Gasteiger partial charge in [-0.3, -0.25) is 9.78 Å². The normalized spacial score (nSPS) is 10.6. The first kappa shape index (κ1) is 18.9. The molecule has 0 unspecified atom stereocenters. The van der Waals surface area contributed by atoms with Crippen LogP contribution in [-0.2, 0) is 17.9 Å². The average Bonchev–Trinajstić information content (AvgIpc) is 3.14. The second-order valence-corrected chi connectivity index (χ2v) is 6.65. The Balaban J connectivity index is 1.56. The monoisotopic (exact) mass is 383 g/mol. The van der Waals surface area contributed by atoms with Gasteiger partial charge in [0.15, 0.2) is 11.0 Å². The summed E-state index contributed by atoms with van der Waals surface area (Å²) in [6.45, 7) is 3.22. The van der Waals surface area contributed by atoms with Crippen molar-refractivity contribution in [1.82, 2.24) is 25.1 Å². The van der Waals surface area contributed by atoms with E-state index < -0.39 is 0 Å². The molecule has 7 nitrogen and oxygen atoms in total. The van der Waals surface area contributed by atoms with Crippen molar-refractivity contribution < 1.29 is 9.53 Å². The van der Waals surface area contributed by atoms with Gasteiger partial charge in [0.05, 0.1) is 12.9 Å². The van der Waals surface area contributed by atoms with Gasteiger partial charge < -0.3 is 14.6 Å². The van der Waals surface area contributed by atoms with Crippen LogP contribution in [0.1, 0.15) is 12.5 Å². The fourth-order valence-corrected chi connectivity index (χ4v) is 3.35. The topological polar surface area (TPSA) is 81.9 Å². The van der Waals surface area contributed by atoms with E-state index in [0.29, 0.717) is 13.1 Å². The number of benzene rings is 1. The van der Waals surface area contributed by atoms with Crippen molar-refractivity contribution in [3.05, 3.63) is 54.4 Å². The molecule has 27 heavy (non-hydrogen) atoms. The maximum atomic E-state index is 12.2. The van der Waals surface area contributed by atoms with E-state index in [2.05, 4.69) is 20.5 Å². The molecular weight excluding hydrogens is 362 g/mol. The third-order valence-corrected chi connectivity index (χ3v) is 4.90. The first-order chi connectivity index (χ1) is 13.2. The van der Waals surface area contributed by atoms with Crippen molar-refractivity contribution in [2.24, 2.45) is 0 Å². The SMILES string of the molecule is CCn1c(SCC(=O)NCc2ccc(OC)cc2)nnc1-c1cccnc1. The Bertz CT molecular complexity index is 881. The molecule has 2 aromatic heterocycles. The molecule has 0 radical (unpaired) electrons. The van der Waals surface area contributed by atoms with Crippen LogP contribution >= 0.6 is 11.8 Å². The summed E-state index contributed by atoms with van der Waals surface area (Å²) in [5.41, 5.74) is 1.92. The maximum absolute atomic E-state index is 12.2. The van der Waals surface area contributed by atoms with Crippen LogP contribution in [0.25, 0.3) is 11.4 Å². The number of rotatable bonds is 8. The number of nitrogens with one attached hydrogen (secondary N) is 1. The fourth-order valence-electron chi connectivity index (χ4n) is 2.51. The highest BCUT2D eigenvalue weighted by atomic mass is 32.2. The fraction of sp³-hybridized carbons (Fsp3) is 0.263. The molecule has 1 N–H and O–H groups in total. The van der Waals surface area contributed by atoms with Crippen LogP contribution in [0.3, 0.4) is 0 Å². The number of amides is 1. The number of nitrogens with zero attached hydrogens (tertiary/aromatic N) is 4. The zero-order valence-electron chi connectivity index (χ0n) is 15.3. The summed E-state index contributed by atoms with van der Waals surface area (Å²) in [7, 11) is 1.63. The number of thioether (sulfide) groups is 1. The van der Waals surface area contributed by atoms with Gasteiger partial charge in [0.1, 0.15) is 5.75 Å². The third kappa shape index (κ3) is 4.85. The molecule has 3 rings (SSSR count). The van der Waals surface area contributed by atoms with Gasteiger partial charge in [-0.25, -0.2) is 0 Å². The number of aromatic nitrogens is 4. The standard InChI is InChI=1S/C19H21N5O2S/c1-3-24-18(15-5-4-10-20-12-15)22-23-19(24)27-13-17(25)21-11-14-6-8-16(26-2)9-7-14/h4-10,12H,3,11,13H2,1-2H3,(H,21,25). The Morgan fingerprint density at radius 3 is 2.70 bits per heavy atom. The van der Waals surface area contributed by atoms with Crippen LogP contribution in [0.2, 0.25) is 0 Å². The molecular formula is C19H21N5O2S. The van der Waals surface area contributed by atoms with Crippen molar-refractivity contribution in [3.8, 4) is 17.1 Å². The van der Waals surface area contributed by atoms with Gasteiger partial charge in [-0.15, -0.1) is 10.2 Å². The molecule has 0 atom stereocenters. The summed E-state index contributed by atoms with van der Waals surface area (Å²) in [4.78, 5) is 16.3. The third-order valence-electron chi connectivity index (χ3n) is 3.93. The second-order valence-electron chi connectivity index (χ2n) is 5.71. The van der Waals surface area contributed by atoms with E-state index in [1.165, 1.54) is 11.8 Å². The van der Waals surface area contributed by atoms with E-state index in [1.807, 2.05) is 47.9 Å². The molecule has 0 aliphatic heterocycles. The van der Waals surface area contributed by atoms with Gasteiger partial charge in [0.2, 0.25) is 5.91 Å². The van der Waals surface area contributed by atoms with Crippen molar-refractivity contribution in [3.63, 3.8) is 0 Å². The van der Waals surface area contributed by atoms with Crippen molar-refractivity contribution in [2.45, 2.75) is 25.2 Å². The first-order valence-corrected chi connectivity index (χ1v) is 9.56. The minimum Gasteiger partial charge on any atom is -0.497 e. The van der Waals surface area contributed by atoms with Crippen LogP contribution in [0.5, 0.6) is 5.75 Å². The Morgan fingerprint density at radius 1 is 1.22 bits per heavy atom. The second kappa shape index (κ2) is 9.18. The number of pyridine rings is 1. The van der Waals surface area contributed by atoms with E-state index >= 15 is 0 Å². The lowest BCUT2D eigenvalue weighted by molar-refractivity contribution is -0.118. The summed E-state index contributed by atoms with van der Waals surface area (Å²) < 4.78 is 7.11. The smallest absolute Gasteiger partial charge is 0.230 e. The average molecular weight is 383 g/mol. The van der Waals surface area contributed by atoms with E-state index in [0.717, 1.165) is 27.9 Å². The van der Waals surface area contributed by atoms with E-state index in [-0.39, 0.29) is 11.7 Å². The van der Waals surface area contributed by atoms with E-state index in [9.17, 15) is 4.79 Å². The zero-order chi connectivity index (χ0) is 19.1. The zero-order valence-corrected chi connectivity index (χ0v) is 16.1. The number of carbonyl (C=O) groups excluding carboxylic acids is 1. The predicted molar refractivity (Wildman–Crippen MR) is 104 cm³/mol. The van der Waals surface area contributed by atoms with Gasteiger partial charge in [-0.2, -0.15) is 0 Å². The highest BCUT2D eigenvalue weighted by Gasteiger charge is 2.14. The minimum atomic E-state index is -0.0515. The van der Waals surface area contributed by atoms with Gasteiger partial charge in [-0.05, 0) is 36.8 Å². The summed E-state index contributed by atoms with van der Waals surface area (Å²) in [5, 5.41) is 12.1. The lowest BCUT2D eigenvalue weighted by Crippen LogP contribution is -2.24. The van der Waals surface area contributed by atoms with Crippen molar-refractivity contribution in [2.75, 3.05) is 12.9 Å². The number of hydrogen-bond donors (Lipinski definition) is 1. The molecule has 1 amide bonds. The Labute approximate surface area is 162 Å². The Hall–Kier alpha value is -2.87. The van der Waals surface area contributed by atoms with Crippen molar-refractivity contribution in [1.29, 1.82) is 0 Å². The molecule has 140 valence electrons. The summed E-state index contributed by atoms with van der Waals surface area (Å²) in [6.07, 6.45) is 3.48. The number of hydrogen-bond acceptors (Lipinski definition) is 6. The number of methoxy groups -OCH3 is 1. The molecule has 0 bridgehead atoms. The highest BCUT2D eigenvalue weighted by Crippen LogP contribution is 2.23. The maximum Gasteiger partial charge on any atom is 0.230 e.